The quantitative estimate of drug-likeness (QED) is 0.200. The number of anilines is 1. The van der Waals surface area contributed by atoms with Gasteiger partial charge in [0.05, 0.1) is 16.8 Å². The lowest BCUT2D eigenvalue weighted by atomic mass is 10.0. The Kier molecular flexibility index (Phi) is 8.63. The number of barbiturate groups is 1. The maximum absolute atomic E-state index is 13.2. The molecule has 3 rings (SSSR count). The second-order valence-corrected chi connectivity index (χ2v) is 9.18. The van der Waals surface area contributed by atoms with Gasteiger partial charge >= 0.3 is 12.0 Å². The Morgan fingerprint density at radius 2 is 1.89 bits per heavy atom. The summed E-state index contributed by atoms with van der Waals surface area (Å²) in [5.41, 5.74) is 2.13. The summed E-state index contributed by atoms with van der Waals surface area (Å²) in [5, 5.41) is 2.22. The van der Waals surface area contributed by atoms with Crippen molar-refractivity contribution in [3.05, 3.63) is 74.2 Å². The average Bonchev–Trinajstić information content (AvgIpc) is 2.78. The third-order valence-corrected chi connectivity index (χ3v) is 6.44. The van der Waals surface area contributed by atoms with Crippen LogP contribution in [0.25, 0.3) is 6.08 Å². The molecule has 4 amide bonds. The van der Waals surface area contributed by atoms with E-state index < -0.39 is 23.8 Å². The highest BCUT2D eigenvalue weighted by Crippen LogP contribution is 2.33. The number of hydrogen-bond donors (Lipinski definition) is 1. The number of carbonyl (C=O) groups is 4. The first-order valence-electron chi connectivity index (χ1n) is 10.6. The first-order valence-corrected chi connectivity index (χ1v) is 12.1. The monoisotopic (exact) mass is 604 g/mol. The third kappa shape index (κ3) is 6.07. The van der Waals surface area contributed by atoms with Crippen LogP contribution in [0, 0.1) is 6.92 Å². The molecule has 8 nitrogen and oxygen atoms in total. The molecule has 1 N–H and O–H groups in total. The fourth-order valence-electron chi connectivity index (χ4n) is 3.39. The van der Waals surface area contributed by atoms with E-state index in [0.717, 1.165) is 14.9 Å². The van der Waals surface area contributed by atoms with Gasteiger partial charge < -0.3 is 9.47 Å². The summed E-state index contributed by atoms with van der Waals surface area (Å²) in [7, 11) is 0. The average molecular weight is 606 g/mol. The highest BCUT2D eigenvalue weighted by molar-refractivity contribution is 9.10. The minimum atomic E-state index is -0.824. The molecule has 0 spiro atoms. The predicted molar refractivity (Wildman–Crippen MR) is 138 cm³/mol. The van der Waals surface area contributed by atoms with Gasteiger partial charge in [-0.05, 0) is 89.3 Å². The molecule has 0 aliphatic carbocycles. The van der Waals surface area contributed by atoms with Crippen molar-refractivity contribution in [2.75, 3.05) is 18.1 Å². The van der Waals surface area contributed by atoms with Crippen LogP contribution in [-0.4, -0.2) is 37.0 Å². The number of rotatable bonds is 8. The Labute approximate surface area is 219 Å². The number of urea groups is 1. The Bertz CT molecular complexity index is 1250. The van der Waals surface area contributed by atoms with Crippen molar-refractivity contribution in [2.45, 2.75) is 20.3 Å². The van der Waals surface area contributed by atoms with Crippen molar-refractivity contribution in [2.24, 2.45) is 0 Å². The summed E-state index contributed by atoms with van der Waals surface area (Å²) in [4.78, 5) is 50.9. The van der Waals surface area contributed by atoms with E-state index in [1.807, 2.05) is 6.92 Å². The van der Waals surface area contributed by atoms with E-state index in [1.165, 1.54) is 6.08 Å². The van der Waals surface area contributed by atoms with Crippen molar-refractivity contribution in [3.63, 3.8) is 0 Å². The van der Waals surface area contributed by atoms with Crippen LogP contribution < -0.4 is 15.0 Å². The summed E-state index contributed by atoms with van der Waals surface area (Å²) < 4.78 is 11.9. The topological polar surface area (TPSA) is 102 Å². The van der Waals surface area contributed by atoms with Gasteiger partial charge in [0.2, 0.25) is 0 Å². The Balaban J connectivity index is 1.98. The lowest BCUT2D eigenvalue weighted by Gasteiger charge is -2.26. The highest BCUT2D eigenvalue weighted by atomic mass is 79.9. The van der Waals surface area contributed by atoms with Gasteiger partial charge in [-0.2, -0.15) is 0 Å². The number of carbonyl (C=O) groups excluding carboxylic acids is 4. The molecule has 0 unspecified atom stereocenters. The highest BCUT2D eigenvalue weighted by Gasteiger charge is 2.37. The molecule has 1 aliphatic rings. The van der Waals surface area contributed by atoms with Crippen LogP contribution in [0.15, 0.2) is 57.5 Å². The van der Waals surface area contributed by atoms with E-state index in [9.17, 15) is 19.2 Å². The smallest absolute Gasteiger partial charge is 0.344 e. The van der Waals surface area contributed by atoms with Crippen LogP contribution in [0.1, 0.15) is 23.6 Å². The molecule has 1 heterocycles. The molecule has 0 radical (unpaired) electrons. The fraction of sp³-hybridized carbons (Fsp3) is 0.200. The lowest BCUT2D eigenvalue weighted by molar-refractivity contribution is -0.145. The largest absolute Gasteiger partial charge is 0.480 e. The van der Waals surface area contributed by atoms with Crippen LogP contribution in [-0.2, 0) is 25.5 Å². The van der Waals surface area contributed by atoms with Crippen LogP contribution >= 0.6 is 31.9 Å². The molecule has 0 atom stereocenters. The molecule has 35 heavy (non-hydrogen) atoms. The number of ether oxygens (including phenoxy) is 2. The van der Waals surface area contributed by atoms with E-state index in [4.69, 9.17) is 9.47 Å². The van der Waals surface area contributed by atoms with Crippen molar-refractivity contribution >= 4 is 67.4 Å². The van der Waals surface area contributed by atoms with Crippen LogP contribution in [0.4, 0.5) is 10.5 Å². The van der Waals surface area contributed by atoms with E-state index in [1.54, 1.807) is 43.3 Å². The molecule has 0 saturated carbocycles. The van der Waals surface area contributed by atoms with Crippen LogP contribution in [0.2, 0.25) is 0 Å². The van der Waals surface area contributed by atoms with Gasteiger partial charge in [0.25, 0.3) is 11.8 Å². The molecule has 1 saturated heterocycles. The molecule has 0 aromatic heterocycles. The zero-order valence-corrected chi connectivity index (χ0v) is 22.2. The van der Waals surface area contributed by atoms with E-state index >= 15 is 0 Å². The van der Waals surface area contributed by atoms with Gasteiger partial charge in [-0.15, -0.1) is 6.58 Å². The number of hydrogen-bond acceptors (Lipinski definition) is 6. The van der Waals surface area contributed by atoms with Crippen LogP contribution in [0.5, 0.6) is 5.75 Å². The maximum Gasteiger partial charge on any atom is 0.344 e. The Morgan fingerprint density at radius 3 is 2.54 bits per heavy atom. The summed E-state index contributed by atoms with van der Waals surface area (Å²) in [6, 6.07) is 7.53. The fourth-order valence-corrected chi connectivity index (χ4v) is 4.27. The minimum Gasteiger partial charge on any atom is -0.480 e. The van der Waals surface area contributed by atoms with Crippen molar-refractivity contribution < 1.29 is 28.7 Å². The van der Waals surface area contributed by atoms with Gasteiger partial charge in [-0.25, -0.2) is 14.5 Å². The van der Waals surface area contributed by atoms with Gasteiger partial charge in [0.1, 0.15) is 11.3 Å². The molecular formula is C25H22Br2N2O6. The van der Waals surface area contributed by atoms with Gasteiger partial charge in [0.15, 0.2) is 6.61 Å². The third-order valence-electron chi connectivity index (χ3n) is 4.96. The number of nitrogens with zero attached hydrogens (tertiary/aromatic N) is 1. The van der Waals surface area contributed by atoms with Crippen LogP contribution in [0.3, 0.4) is 0 Å². The molecule has 1 aliphatic heterocycles. The molecule has 10 heteroatoms. The van der Waals surface area contributed by atoms with E-state index in [2.05, 4.69) is 43.8 Å². The van der Waals surface area contributed by atoms with Crippen molar-refractivity contribution in [1.82, 2.24) is 5.32 Å². The second-order valence-electron chi connectivity index (χ2n) is 7.47. The van der Waals surface area contributed by atoms with E-state index in [0.29, 0.717) is 33.5 Å². The number of esters is 1. The normalized spacial score (nSPS) is 14.7. The molecule has 1 fully saturated rings. The molecule has 2 aromatic carbocycles. The number of benzene rings is 2. The summed E-state index contributed by atoms with van der Waals surface area (Å²) in [6.07, 6.45) is 3.46. The SMILES string of the molecule is C=CCc1cc(/C=C2\C(=O)NC(=O)N(c3ccc(Br)c(C)c3)C2=O)cc(Br)c1OCC(=O)OCC. The second kappa shape index (κ2) is 11.5. The minimum absolute atomic E-state index is 0.207. The summed E-state index contributed by atoms with van der Waals surface area (Å²) in [5.74, 6) is -1.63. The number of aryl methyl sites for hydroxylation is 1. The predicted octanol–water partition coefficient (Wildman–Crippen LogP) is 4.86. The molecular weight excluding hydrogens is 584 g/mol. The van der Waals surface area contributed by atoms with E-state index in [-0.39, 0.29) is 18.8 Å². The van der Waals surface area contributed by atoms with Crippen molar-refractivity contribution in [3.8, 4) is 5.75 Å². The molecule has 2 aromatic rings. The van der Waals surface area contributed by atoms with Gasteiger partial charge in [0, 0.05) is 4.47 Å². The summed E-state index contributed by atoms with van der Waals surface area (Å²) in [6.45, 7) is 7.24. The lowest BCUT2D eigenvalue weighted by Crippen LogP contribution is -2.54. The van der Waals surface area contributed by atoms with Gasteiger partial charge in [-0.3, -0.25) is 14.9 Å². The number of allylic oxidation sites excluding steroid dienone is 1. The molecule has 182 valence electrons. The molecule has 0 bridgehead atoms. The zero-order chi connectivity index (χ0) is 25.7. The zero-order valence-electron chi connectivity index (χ0n) is 19.0. The summed E-state index contributed by atoms with van der Waals surface area (Å²) >= 11 is 6.82. The Hall–Kier alpha value is -3.24. The number of imide groups is 2. The Morgan fingerprint density at radius 1 is 1.14 bits per heavy atom. The standard InChI is InChI=1S/C25H22Br2N2O6/c1-4-6-16-10-15(12-20(27)22(16)35-13-21(30)34-5-2)11-18-23(31)28-25(33)29(24(18)32)17-7-8-19(26)14(3)9-17/h4,7-12H,1,5-6,13H2,2-3H3,(H,28,31,33)/b18-11+. The van der Waals surface area contributed by atoms with Crippen molar-refractivity contribution in [1.29, 1.82) is 0 Å². The number of nitrogens with one attached hydrogen (secondary N) is 1. The number of amides is 4. The van der Waals surface area contributed by atoms with Gasteiger partial charge in [-0.1, -0.05) is 22.0 Å². The first kappa shape index (κ1) is 26.4. The first-order chi connectivity index (χ1) is 16.7. The maximum atomic E-state index is 13.2. The number of halogens is 2.